The van der Waals surface area contributed by atoms with Gasteiger partial charge in [0.05, 0.1) is 17.5 Å². The first-order valence-electron chi connectivity index (χ1n) is 5.40. The molecular formula is C12H11N5S. The first kappa shape index (κ1) is 11.0. The number of nitrogen functional groups attached to an aromatic ring is 1. The van der Waals surface area contributed by atoms with E-state index >= 15 is 0 Å². The van der Waals surface area contributed by atoms with Crippen molar-refractivity contribution in [2.75, 3.05) is 5.73 Å². The highest BCUT2D eigenvalue weighted by molar-refractivity contribution is 7.99. The summed E-state index contributed by atoms with van der Waals surface area (Å²) >= 11 is 1.43. The Hall–Kier alpha value is -2.08. The summed E-state index contributed by atoms with van der Waals surface area (Å²) < 4.78 is 1.96. The first-order valence-corrected chi connectivity index (χ1v) is 6.22. The summed E-state index contributed by atoms with van der Waals surface area (Å²) in [5, 5.41) is 1.57. The number of anilines is 1. The van der Waals surface area contributed by atoms with Crippen LogP contribution in [0, 0.1) is 0 Å². The fraction of sp³-hybridized carbons (Fsp3) is 0.0833. The number of aryl methyl sites for hydroxylation is 1. The Morgan fingerprint density at radius 1 is 1.11 bits per heavy atom. The molecule has 0 aliphatic carbocycles. The molecule has 0 amide bonds. The molecule has 3 heterocycles. The van der Waals surface area contributed by atoms with Crippen LogP contribution >= 0.6 is 11.8 Å². The van der Waals surface area contributed by atoms with E-state index in [1.165, 1.54) is 11.8 Å². The minimum Gasteiger partial charge on any atom is -0.397 e. The Balaban J connectivity index is 2.08. The number of hydrogen-bond acceptors (Lipinski definition) is 5. The lowest BCUT2D eigenvalue weighted by Crippen LogP contribution is -1.92. The molecule has 3 aromatic heterocycles. The van der Waals surface area contributed by atoms with Gasteiger partial charge in [-0.05, 0) is 30.0 Å². The lowest BCUT2D eigenvalue weighted by Gasteiger charge is -2.03. The number of aromatic nitrogens is 4. The van der Waals surface area contributed by atoms with E-state index in [1.54, 1.807) is 18.7 Å². The Morgan fingerprint density at radius 3 is 2.78 bits per heavy atom. The SMILES string of the molecule is Cn1cnc2c(Sc3ncccc3N)nccc21. The number of hydrogen-bond donors (Lipinski definition) is 1. The van der Waals surface area contributed by atoms with Gasteiger partial charge in [0.25, 0.3) is 0 Å². The van der Waals surface area contributed by atoms with Gasteiger partial charge in [-0.25, -0.2) is 15.0 Å². The van der Waals surface area contributed by atoms with Crippen molar-refractivity contribution in [3.8, 4) is 0 Å². The third-order valence-corrected chi connectivity index (χ3v) is 3.63. The van der Waals surface area contributed by atoms with E-state index in [0.717, 1.165) is 21.1 Å². The number of rotatable bonds is 2. The topological polar surface area (TPSA) is 69.6 Å². The average molecular weight is 257 g/mol. The lowest BCUT2D eigenvalue weighted by molar-refractivity contribution is 0.947. The molecule has 0 saturated heterocycles. The molecule has 3 aromatic rings. The maximum absolute atomic E-state index is 5.88. The van der Waals surface area contributed by atoms with E-state index < -0.39 is 0 Å². The molecule has 3 rings (SSSR count). The Labute approximate surface area is 108 Å². The zero-order valence-corrected chi connectivity index (χ0v) is 10.6. The van der Waals surface area contributed by atoms with E-state index in [1.807, 2.05) is 29.8 Å². The quantitative estimate of drug-likeness (QED) is 0.761. The second-order valence-electron chi connectivity index (χ2n) is 3.84. The molecule has 0 aromatic carbocycles. The van der Waals surface area contributed by atoms with E-state index in [9.17, 15) is 0 Å². The maximum atomic E-state index is 5.88. The summed E-state index contributed by atoms with van der Waals surface area (Å²) in [5.41, 5.74) is 8.45. The van der Waals surface area contributed by atoms with Gasteiger partial charge in [-0.1, -0.05) is 0 Å². The fourth-order valence-corrected chi connectivity index (χ4v) is 2.54. The number of nitrogens with two attached hydrogens (primary N) is 1. The van der Waals surface area contributed by atoms with Crippen LogP contribution in [-0.2, 0) is 7.05 Å². The second kappa shape index (κ2) is 4.30. The van der Waals surface area contributed by atoms with Crippen molar-refractivity contribution in [2.45, 2.75) is 10.1 Å². The van der Waals surface area contributed by atoms with Gasteiger partial charge in [0.15, 0.2) is 0 Å². The molecule has 0 saturated carbocycles. The molecule has 5 nitrogen and oxygen atoms in total. The predicted molar refractivity (Wildman–Crippen MR) is 71.3 cm³/mol. The molecule has 18 heavy (non-hydrogen) atoms. The highest BCUT2D eigenvalue weighted by Gasteiger charge is 2.10. The van der Waals surface area contributed by atoms with Crippen LogP contribution in [-0.4, -0.2) is 19.5 Å². The van der Waals surface area contributed by atoms with E-state index in [4.69, 9.17) is 5.73 Å². The van der Waals surface area contributed by atoms with Crippen molar-refractivity contribution in [3.05, 3.63) is 36.9 Å². The van der Waals surface area contributed by atoms with E-state index in [0.29, 0.717) is 5.69 Å². The number of nitrogens with zero attached hydrogens (tertiary/aromatic N) is 4. The molecule has 90 valence electrons. The minimum absolute atomic E-state index is 0.650. The number of imidazole rings is 1. The van der Waals surface area contributed by atoms with Gasteiger partial charge in [-0.15, -0.1) is 0 Å². The summed E-state index contributed by atoms with van der Waals surface area (Å²) in [6, 6.07) is 5.58. The smallest absolute Gasteiger partial charge is 0.130 e. The van der Waals surface area contributed by atoms with Crippen LogP contribution in [0.4, 0.5) is 5.69 Å². The van der Waals surface area contributed by atoms with Gasteiger partial charge in [-0.2, -0.15) is 0 Å². The van der Waals surface area contributed by atoms with Crippen LogP contribution in [0.15, 0.2) is 47.0 Å². The molecule has 0 bridgehead atoms. The van der Waals surface area contributed by atoms with Crippen LogP contribution in [0.25, 0.3) is 11.0 Å². The third kappa shape index (κ3) is 1.80. The van der Waals surface area contributed by atoms with Crippen LogP contribution in [0.5, 0.6) is 0 Å². The summed E-state index contributed by atoms with van der Waals surface area (Å²) in [4.78, 5) is 13.0. The molecule has 0 radical (unpaired) electrons. The van der Waals surface area contributed by atoms with Crippen molar-refractivity contribution in [2.24, 2.45) is 7.05 Å². The number of fused-ring (bicyclic) bond motifs is 1. The van der Waals surface area contributed by atoms with E-state index in [2.05, 4.69) is 15.0 Å². The molecule has 0 spiro atoms. The molecule has 2 N–H and O–H groups in total. The summed E-state index contributed by atoms with van der Waals surface area (Å²) in [6.45, 7) is 0. The summed E-state index contributed by atoms with van der Waals surface area (Å²) in [7, 11) is 1.96. The molecule has 6 heteroatoms. The zero-order chi connectivity index (χ0) is 12.5. The molecule has 0 aliphatic heterocycles. The Morgan fingerprint density at radius 2 is 1.94 bits per heavy atom. The number of pyridine rings is 2. The maximum Gasteiger partial charge on any atom is 0.130 e. The van der Waals surface area contributed by atoms with Crippen molar-refractivity contribution < 1.29 is 0 Å². The normalized spacial score (nSPS) is 10.9. The van der Waals surface area contributed by atoms with Crippen LogP contribution in [0.1, 0.15) is 0 Å². The third-order valence-electron chi connectivity index (χ3n) is 2.60. The van der Waals surface area contributed by atoms with Gasteiger partial charge >= 0.3 is 0 Å². The van der Waals surface area contributed by atoms with Crippen molar-refractivity contribution in [1.82, 2.24) is 19.5 Å². The lowest BCUT2D eigenvalue weighted by atomic mass is 10.4. The van der Waals surface area contributed by atoms with Crippen LogP contribution in [0.2, 0.25) is 0 Å². The van der Waals surface area contributed by atoms with E-state index in [-0.39, 0.29) is 0 Å². The summed E-state index contributed by atoms with van der Waals surface area (Å²) in [5.74, 6) is 0. The second-order valence-corrected chi connectivity index (χ2v) is 4.82. The zero-order valence-electron chi connectivity index (χ0n) is 9.74. The van der Waals surface area contributed by atoms with Crippen LogP contribution in [0.3, 0.4) is 0 Å². The highest BCUT2D eigenvalue weighted by atomic mass is 32.2. The van der Waals surface area contributed by atoms with Crippen molar-refractivity contribution in [3.63, 3.8) is 0 Å². The first-order chi connectivity index (χ1) is 8.75. The fourth-order valence-electron chi connectivity index (χ4n) is 1.69. The van der Waals surface area contributed by atoms with Gasteiger partial charge in [0.1, 0.15) is 15.6 Å². The van der Waals surface area contributed by atoms with Crippen molar-refractivity contribution >= 4 is 28.5 Å². The van der Waals surface area contributed by atoms with Crippen molar-refractivity contribution in [1.29, 1.82) is 0 Å². The molecule has 0 unspecified atom stereocenters. The highest BCUT2D eigenvalue weighted by Crippen LogP contribution is 2.32. The molecule has 0 atom stereocenters. The van der Waals surface area contributed by atoms with Gasteiger partial charge in [-0.3, -0.25) is 0 Å². The minimum atomic E-state index is 0.650. The monoisotopic (exact) mass is 257 g/mol. The molecular weight excluding hydrogens is 246 g/mol. The standard InChI is InChI=1S/C12H11N5S/c1-17-7-16-10-9(17)4-6-15-12(10)18-11-8(13)3-2-5-14-11/h2-7H,13H2,1H3. The van der Waals surface area contributed by atoms with Gasteiger partial charge < -0.3 is 10.3 Å². The predicted octanol–water partition coefficient (Wildman–Crippen LogP) is 2.10. The van der Waals surface area contributed by atoms with Gasteiger partial charge in [0, 0.05) is 19.4 Å². The molecule has 0 fully saturated rings. The Kier molecular flexibility index (Phi) is 2.64. The Bertz CT molecular complexity index is 707. The molecule has 0 aliphatic rings. The van der Waals surface area contributed by atoms with Crippen LogP contribution < -0.4 is 5.73 Å². The van der Waals surface area contributed by atoms with Gasteiger partial charge in [0.2, 0.25) is 0 Å². The average Bonchev–Trinajstić information content (AvgIpc) is 2.76. The summed E-state index contributed by atoms with van der Waals surface area (Å²) in [6.07, 6.45) is 5.26. The largest absolute Gasteiger partial charge is 0.397 e.